The normalized spacial score (nSPS) is 15.6. The molecule has 0 aromatic heterocycles. The van der Waals surface area contributed by atoms with E-state index in [1.165, 1.54) is 0 Å². The number of rotatable bonds is 3. The third kappa shape index (κ3) is 6.28. The zero-order valence-corrected chi connectivity index (χ0v) is 6.22. The van der Waals surface area contributed by atoms with Gasteiger partial charge in [0.15, 0.2) is 0 Å². The summed E-state index contributed by atoms with van der Waals surface area (Å²) >= 11 is 5.06. The predicted molar refractivity (Wildman–Crippen MR) is 33.6 cm³/mol. The second kappa shape index (κ2) is 3.54. The Morgan fingerprint density at radius 2 is 2.00 bits per heavy atom. The summed E-state index contributed by atoms with van der Waals surface area (Å²) in [6.45, 7) is 0. The Morgan fingerprint density at radius 3 is 2.11 bits per heavy atom. The van der Waals surface area contributed by atoms with Gasteiger partial charge >= 0.3 is 7.60 Å². The summed E-state index contributed by atoms with van der Waals surface area (Å²) in [4.78, 5) is 16.4. The van der Waals surface area contributed by atoms with Crippen molar-refractivity contribution in [2.24, 2.45) is 0 Å². The molecule has 3 N–H and O–H groups in total. The maximum atomic E-state index is 10.1. The Balaban J connectivity index is 3.60. The average Bonchev–Trinajstić information content (AvgIpc) is 1.62. The van der Waals surface area contributed by atoms with Crippen LogP contribution in [-0.2, 0) is 4.57 Å². The van der Waals surface area contributed by atoms with Crippen LogP contribution in [0.3, 0.4) is 0 Å². The first kappa shape index (κ1) is 9.40. The molecule has 0 fully saturated rings. The van der Waals surface area contributed by atoms with Crippen molar-refractivity contribution in [3.63, 3.8) is 0 Å². The molecule has 0 bridgehead atoms. The smallest absolute Gasteiger partial charge is 0.328 e. The molecular formula is C3H8ClO4P. The van der Waals surface area contributed by atoms with E-state index >= 15 is 0 Å². The summed E-state index contributed by atoms with van der Waals surface area (Å²) in [5.74, 6) is -0.148. The van der Waals surface area contributed by atoms with E-state index in [1.807, 2.05) is 0 Å². The van der Waals surface area contributed by atoms with E-state index in [0.29, 0.717) is 0 Å². The quantitative estimate of drug-likeness (QED) is 0.408. The second-order valence-electron chi connectivity index (χ2n) is 1.66. The van der Waals surface area contributed by atoms with Crippen LogP contribution in [0.15, 0.2) is 0 Å². The molecule has 0 aliphatic carbocycles. The lowest BCUT2D eigenvalue weighted by Crippen LogP contribution is -2.13. The van der Waals surface area contributed by atoms with E-state index in [9.17, 15) is 4.57 Å². The molecule has 1 atom stereocenters. The van der Waals surface area contributed by atoms with Gasteiger partial charge in [-0.3, -0.25) is 4.57 Å². The number of aliphatic hydroxyl groups excluding tert-OH is 1. The molecule has 56 valence electrons. The maximum Gasteiger partial charge on any atom is 0.328 e. The Bertz CT molecular complexity index is 121. The highest BCUT2D eigenvalue weighted by Crippen LogP contribution is 2.34. The predicted octanol–water partition coefficient (Wildman–Crippen LogP) is -0.236. The van der Waals surface area contributed by atoms with Crippen molar-refractivity contribution in [1.29, 1.82) is 0 Å². The first-order valence-electron chi connectivity index (χ1n) is 2.24. The summed E-state index contributed by atoms with van der Waals surface area (Å²) < 4.78 is 10.1. The summed E-state index contributed by atoms with van der Waals surface area (Å²) in [6, 6.07) is 0. The highest BCUT2D eigenvalue weighted by atomic mass is 35.5. The third-order valence-electron chi connectivity index (χ3n) is 0.627. The summed E-state index contributed by atoms with van der Waals surface area (Å²) in [6.07, 6.45) is -1.66. The molecule has 0 aromatic rings. The molecule has 0 saturated heterocycles. The lowest BCUT2D eigenvalue weighted by molar-refractivity contribution is 0.211. The fourth-order valence-electron chi connectivity index (χ4n) is 0.323. The molecule has 0 aromatic carbocycles. The van der Waals surface area contributed by atoms with E-state index in [0.717, 1.165) is 0 Å². The topological polar surface area (TPSA) is 77.8 Å². The molecule has 0 saturated carbocycles. The van der Waals surface area contributed by atoms with E-state index < -0.39 is 19.9 Å². The van der Waals surface area contributed by atoms with Gasteiger partial charge in [-0.1, -0.05) is 0 Å². The fourth-order valence-corrected chi connectivity index (χ4v) is 1.26. The Morgan fingerprint density at radius 1 is 1.56 bits per heavy atom. The van der Waals surface area contributed by atoms with Crippen LogP contribution in [0.2, 0.25) is 0 Å². The molecule has 0 unspecified atom stereocenters. The molecule has 0 aliphatic heterocycles. The summed E-state index contributed by atoms with van der Waals surface area (Å²) in [5.41, 5.74) is 0. The molecule has 0 rings (SSSR count). The zero-order chi connectivity index (χ0) is 7.49. The van der Waals surface area contributed by atoms with Crippen molar-refractivity contribution >= 4 is 19.2 Å². The van der Waals surface area contributed by atoms with Crippen molar-refractivity contribution in [2.45, 2.75) is 6.10 Å². The number of hydrogen-bond donors (Lipinski definition) is 3. The number of alkyl halides is 1. The van der Waals surface area contributed by atoms with Crippen LogP contribution < -0.4 is 0 Å². The van der Waals surface area contributed by atoms with Crippen molar-refractivity contribution in [3.8, 4) is 0 Å². The van der Waals surface area contributed by atoms with E-state index in [-0.39, 0.29) is 5.88 Å². The first-order chi connectivity index (χ1) is 3.95. The summed E-state index contributed by atoms with van der Waals surface area (Å²) in [5, 5.41) is 8.57. The number of halogens is 1. The summed E-state index contributed by atoms with van der Waals surface area (Å²) in [7, 11) is -4.07. The van der Waals surface area contributed by atoms with E-state index in [2.05, 4.69) is 0 Å². The molecule has 6 heteroatoms. The van der Waals surface area contributed by atoms with Gasteiger partial charge in [0, 0.05) is 5.88 Å². The van der Waals surface area contributed by atoms with E-state index in [4.69, 9.17) is 26.5 Å². The second-order valence-corrected chi connectivity index (χ2v) is 3.66. The lowest BCUT2D eigenvalue weighted by atomic mass is 10.5. The van der Waals surface area contributed by atoms with E-state index in [1.54, 1.807) is 0 Å². The Hall–Kier alpha value is 0.400. The Labute approximate surface area is 57.6 Å². The molecule has 4 nitrogen and oxygen atoms in total. The average molecular weight is 175 g/mol. The van der Waals surface area contributed by atoms with Gasteiger partial charge in [0.2, 0.25) is 0 Å². The largest absolute Gasteiger partial charge is 0.391 e. The highest BCUT2D eigenvalue weighted by molar-refractivity contribution is 7.51. The van der Waals surface area contributed by atoms with Gasteiger partial charge in [-0.25, -0.2) is 0 Å². The van der Waals surface area contributed by atoms with Gasteiger partial charge in [-0.2, -0.15) is 0 Å². The van der Waals surface area contributed by atoms with Gasteiger partial charge in [0.05, 0.1) is 12.3 Å². The van der Waals surface area contributed by atoms with Gasteiger partial charge in [-0.05, 0) is 0 Å². The maximum absolute atomic E-state index is 10.1. The fraction of sp³-hybridized carbons (Fsp3) is 1.00. The first-order valence-corrected chi connectivity index (χ1v) is 4.57. The molecule has 0 radical (unpaired) electrons. The van der Waals surface area contributed by atoms with Crippen molar-refractivity contribution in [1.82, 2.24) is 0 Å². The SMILES string of the molecule is O=P(O)(O)C[C@@H](O)CCl. The Kier molecular flexibility index (Phi) is 3.70. The monoisotopic (exact) mass is 174 g/mol. The van der Waals surface area contributed by atoms with Gasteiger partial charge in [-0.15, -0.1) is 11.6 Å². The molecular weight excluding hydrogens is 166 g/mol. The standard InChI is InChI=1S/C3H8ClO4P/c4-1-3(5)2-9(6,7)8/h3,5H,1-2H2,(H2,6,7,8)/t3-/m0/s1. The molecule has 0 amide bonds. The van der Waals surface area contributed by atoms with Crippen LogP contribution in [0.5, 0.6) is 0 Å². The van der Waals surface area contributed by atoms with Gasteiger partial charge in [0.1, 0.15) is 0 Å². The number of hydrogen-bond acceptors (Lipinski definition) is 2. The van der Waals surface area contributed by atoms with Crippen molar-refractivity contribution in [2.75, 3.05) is 12.0 Å². The molecule has 9 heavy (non-hydrogen) atoms. The minimum absolute atomic E-state index is 0.148. The molecule has 0 heterocycles. The highest BCUT2D eigenvalue weighted by Gasteiger charge is 2.18. The lowest BCUT2D eigenvalue weighted by Gasteiger charge is -2.06. The van der Waals surface area contributed by atoms with Crippen LogP contribution in [0.1, 0.15) is 0 Å². The van der Waals surface area contributed by atoms with Crippen LogP contribution in [0, 0.1) is 0 Å². The minimum atomic E-state index is -4.07. The van der Waals surface area contributed by atoms with Crippen molar-refractivity contribution in [3.05, 3.63) is 0 Å². The third-order valence-corrected chi connectivity index (χ3v) is 1.88. The van der Waals surface area contributed by atoms with Gasteiger partial charge in [0.25, 0.3) is 0 Å². The van der Waals surface area contributed by atoms with Gasteiger partial charge < -0.3 is 14.9 Å². The molecule has 0 aliphatic rings. The molecule has 0 spiro atoms. The zero-order valence-electron chi connectivity index (χ0n) is 4.57. The number of aliphatic hydroxyl groups is 1. The van der Waals surface area contributed by atoms with Crippen LogP contribution >= 0.6 is 19.2 Å². The van der Waals surface area contributed by atoms with Crippen molar-refractivity contribution < 1.29 is 19.5 Å². The van der Waals surface area contributed by atoms with Crippen LogP contribution in [0.25, 0.3) is 0 Å². The van der Waals surface area contributed by atoms with Crippen LogP contribution in [-0.4, -0.2) is 33.0 Å². The van der Waals surface area contributed by atoms with Crippen LogP contribution in [0.4, 0.5) is 0 Å². The minimum Gasteiger partial charge on any atom is -0.391 e.